The van der Waals surface area contributed by atoms with Crippen LogP contribution in [0.1, 0.15) is 55.6 Å². The number of hydrogen-bond acceptors (Lipinski definition) is 5. The van der Waals surface area contributed by atoms with Gasteiger partial charge >= 0.3 is 6.09 Å². The second-order valence-corrected chi connectivity index (χ2v) is 10.9. The van der Waals surface area contributed by atoms with Gasteiger partial charge in [0.05, 0.1) is 24.0 Å². The molecule has 0 spiro atoms. The number of amides is 1. The second-order valence-electron chi connectivity index (χ2n) is 10.9. The average Bonchev–Trinajstić information content (AvgIpc) is 3.43. The molecule has 0 bridgehead atoms. The van der Waals surface area contributed by atoms with Gasteiger partial charge in [-0.2, -0.15) is 5.10 Å². The Balaban J connectivity index is 1.50. The molecule has 2 aliphatic rings. The van der Waals surface area contributed by atoms with Crippen molar-refractivity contribution < 1.29 is 18.3 Å². The van der Waals surface area contributed by atoms with Crippen molar-refractivity contribution in [1.29, 1.82) is 0 Å². The summed E-state index contributed by atoms with van der Waals surface area (Å²) in [7, 11) is 0. The van der Waals surface area contributed by atoms with E-state index in [1.165, 1.54) is 6.07 Å². The molecule has 1 aromatic heterocycles. The lowest BCUT2D eigenvalue weighted by atomic mass is 9.86. The van der Waals surface area contributed by atoms with Gasteiger partial charge in [-0.25, -0.2) is 13.6 Å². The van der Waals surface area contributed by atoms with Crippen LogP contribution in [0, 0.1) is 11.6 Å². The summed E-state index contributed by atoms with van der Waals surface area (Å²) in [6, 6.07) is 12.4. The largest absolute Gasteiger partial charge is 0.444 e. The van der Waals surface area contributed by atoms with Crippen molar-refractivity contribution in [3.63, 3.8) is 0 Å². The van der Waals surface area contributed by atoms with Gasteiger partial charge < -0.3 is 10.1 Å². The fraction of sp³-hybridized carbons (Fsp3) is 0.429. The summed E-state index contributed by atoms with van der Waals surface area (Å²) in [6.45, 7) is 8.01. The number of rotatable bonds is 5. The van der Waals surface area contributed by atoms with E-state index in [4.69, 9.17) is 4.74 Å². The Morgan fingerprint density at radius 2 is 1.95 bits per heavy atom. The van der Waals surface area contributed by atoms with Gasteiger partial charge in [0.2, 0.25) is 0 Å². The topological polar surface area (TPSA) is 73.5 Å². The highest BCUT2D eigenvalue weighted by Crippen LogP contribution is 2.38. The number of likely N-dealkylation sites (tertiary alicyclic amines) is 1. The molecular weight excluding hydrogens is 476 g/mol. The van der Waals surface area contributed by atoms with Crippen LogP contribution >= 0.6 is 0 Å². The first-order valence-electron chi connectivity index (χ1n) is 12.6. The first-order chi connectivity index (χ1) is 17.7. The van der Waals surface area contributed by atoms with Gasteiger partial charge in [0, 0.05) is 43.3 Å². The van der Waals surface area contributed by atoms with Gasteiger partial charge in [-0.05, 0) is 51.0 Å². The highest BCUT2D eigenvalue weighted by Gasteiger charge is 2.43. The van der Waals surface area contributed by atoms with Crippen LogP contribution in [0.15, 0.2) is 54.7 Å². The van der Waals surface area contributed by atoms with Gasteiger partial charge in [0.25, 0.3) is 0 Å². The molecule has 1 amide bonds. The van der Waals surface area contributed by atoms with E-state index >= 15 is 4.39 Å². The monoisotopic (exact) mass is 509 g/mol. The first kappa shape index (κ1) is 25.4. The normalized spacial score (nSPS) is 22.6. The van der Waals surface area contributed by atoms with E-state index in [9.17, 15) is 9.18 Å². The lowest BCUT2D eigenvalue weighted by Crippen LogP contribution is -2.58. The van der Waals surface area contributed by atoms with E-state index < -0.39 is 35.4 Å². The molecule has 2 aliphatic heterocycles. The van der Waals surface area contributed by atoms with Crippen molar-refractivity contribution in [3.05, 3.63) is 88.7 Å². The van der Waals surface area contributed by atoms with Crippen LogP contribution in [-0.4, -0.2) is 50.3 Å². The van der Waals surface area contributed by atoms with Crippen LogP contribution < -0.4 is 5.32 Å². The van der Waals surface area contributed by atoms with E-state index in [0.717, 1.165) is 42.0 Å². The molecule has 37 heavy (non-hydrogen) atoms. The smallest absolute Gasteiger partial charge is 0.407 e. The molecule has 2 aromatic carbocycles. The standard InChI is InChI=1S/C28H33F2N5O2/c1-28(2,3)37-27(36)32-24-12-21(34-15-19-13-31-33-25(19)17-34)16-35(14-18-7-5-4-6-8-18)26(24)22-11-20(29)9-10-23(22)30/h4-11,13,21,24,26H,12,14-17H2,1-3H3,(H,31,33)(H,32,36)/t21?,24?,26-/m1/s1. The van der Waals surface area contributed by atoms with E-state index in [1.54, 1.807) is 20.8 Å². The SMILES string of the molecule is CC(C)(C)OC(=O)NC1CC(N2Cc3cn[nH]c3C2)CN(Cc2ccccc2)[C@@H]1c1cc(F)ccc1F. The van der Waals surface area contributed by atoms with Gasteiger partial charge in [0.1, 0.15) is 17.2 Å². The number of benzene rings is 2. The number of hydrogen-bond donors (Lipinski definition) is 2. The van der Waals surface area contributed by atoms with Crippen LogP contribution in [0.2, 0.25) is 0 Å². The molecule has 2 unspecified atom stereocenters. The molecule has 0 radical (unpaired) electrons. The quantitative estimate of drug-likeness (QED) is 0.511. The third kappa shape index (κ3) is 5.83. The maximum Gasteiger partial charge on any atom is 0.407 e. The number of fused-ring (bicyclic) bond motifs is 1. The van der Waals surface area contributed by atoms with Gasteiger partial charge in [-0.3, -0.25) is 14.9 Å². The Bertz CT molecular complexity index is 1220. The number of carbonyl (C=O) groups is 1. The summed E-state index contributed by atoms with van der Waals surface area (Å²) in [5.74, 6) is -1.01. The number of nitrogens with zero attached hydrogens (tertiary/aromatic N) is 3. The van der Waals surface area contributed by atoms with Crippen molar-refractivity contribution >= 4 is 6.09 Å². The molecule has 9 heteroatoms. The highest BCUT2D eigenvalue weighted by molar-refractivity contribution is 5.68. The fourth-order valence-corrected chi connectivity index (χ4v) is 5.48. The van der Waals surface area contributed by atoms with Gasteiger partial charge in [-0.1, -0.05) is 30.3 Å². The predicted octanol–water partition coefficient (Wildman–Crippen LogP) is 4.91. The minimum absolute atomic E-state index is 0.0670. The van der Waals surface area contributed by atoms with Crippen LogP contribution in [0.4, 0.5) is 13.6 Å². The molecule has 3 aromatic rings. The van der Waals surface area contributed by atoms with E-state index in [-0.39, 0.29) is 11.6 Å². The predicted molar refractivity (Wildman–Crippen MR) is 135 cm³/mol. The summed E-state index contributed by atoms with van der Waals surface area (Å²) in [6.07, 6.45) is 1.83. The van der Waals surface area contributed by atoms with Crippen LogP contribution in [0.25, 0.3) is 0 Å². The number of ether oxygens (including phenoxy) is 1. The molecule has 7 nitrogen and oxygen atoms in total. The summed E-state index contributed by atoms with van der Waals surface area (Å²) in [4.78, 5) is 17.4. The average molecular weight is 510 g/mol. The Kier molecular flexibility index (Phi) is 7.00. The number of carbonyl (C=O) groups excluding carboxylic acids is 1. The first-order valence-corrected chi connectivity index (χ1v) is 12.6. The Morgan fingerprint density at radius 1 is 1.16 bits per heavy atom. The molecule has 3 atom stereocenters. The van der Waals surface area contributed by atoms with Crippen molar-refractivity contribution in [3.8, 4) is 0 Å². The minimum atomic E-state index is -0.688. The third-order valence-corrected chi connectivity index (χ3v) is 7.01. The van der Waals surface area contributed by atoms with Crippen LogP contribution in [0.3, 0.4) is 0 Å². The van der Waals surface area contributed by atoms with E-state index in [0.29, 0.717) is 19.5 Å². The van der Waals surface area contributed by atoms with Crippen molar-refractivity contribution in [2.45, 2.75) is 70.6 Å². The Hall–Kier alpha value is -3.30. The molecule has 2 N–H and O–H groups in total. The molecular formula is C28H33F2N5O2. The van der Waals surface area contributed by atoms with Crippen molar-refractivity contribution in [1.82, 2.24) is 25.3 Å². The second kappa shape index (κ2) is 10.2. The number of H-pyrrole nitrogens is 1. The number of piperidine rings is 1. The van der Waals surface area contributed by atoms with Gasteiger partial charge in [0.15, 0.2) is 0 Å². The summed E-state index contributed by atoms with van der Waals surface area (Å²) in [5, 5.41) is 10.2. The van der Waals surface area contributed by atoms with E-state index in [2.05, 4.69) is 25.3 Å². The number of halogens is 2. The molecule has 0 saturated carbocycles. The Morgan fingerprint density at radius 3 is 2.68 bits per heavy atom. The van der Waals surface area contributed by atoms with E-state index in [1.807, 2.05) is 36.5 Å². The number of nitrogens with one attached hydrogen (secondary N) is 2. The number of aromatic nitrogens is 2. The van der Waals surface area contributed by atoms with Crippen LogP contribution in [0.5, 0.6) is 0 Å². The molecule has 1 saturated heterocycles. The maximum atomic E-state index is 15.2. The van der Waals surface area contributed by atoms with Gasteiger partial charge in [-0.15, -0.1) is 0 Å². The zero-order valence-electron chi connectivity index (χ0n) is 21.4. The summed E-state index contributed by atoms with van der Waals surface area (Å²) < 4.78 is 35.2. The zero-order valence-corrected chi connectivity index (χ0v) is 21.4. The zero-order chi connectivity index (χ0) is 26.2. The van der Waals surface area contributed by atoms with Crippen LogP contribution in [-0.2, 0) is 24.4 Å². The molecule has 1 fully saturated rings. The summed E-state index contributed by atoms with van der Waals surface area (Å²) in [5.41, 5.74) is 2.84. The number of aromatic amines is 1. The molecule has 0 aliphatic carbocycles. The fourth-order valence-electron chi connectivity index (χ4n) is 5.48. The Labute approximate surface area is 215 Å². The third-order valence-electron chi connectivity index (χ3n) is 7.01. The lowest BCUT2D eigenvalue weighted by Gasteiger charge is -2.47. The minimum Gasteiger partial charge on any atom is -0.444 e. The molecule has 3 heterocycles. The maximum absolute atomic E-state index is 15.2. The van der Waals surface area contributed by atoms with Crippen molar-refractivity contribution in [2.24, 2.45) is 0 Å². The number of alkyl carbamates (subject to hydrolysis) is 1. The lowest BCUT2D eigenvalue weighted by molar-refractivity contribution is 0.0133. The molecule has 196 valence electrons. The molecule has 5 rings (SSSR count). The summed E-state index contributed by atoms with van der Waals surface area (Å²) >= 11 is 0. The van der Waals surface area contributed by atoms with Crippen molar-refractivity contribution in [2.75, 3.05) is 6.54 Å². The highest BCUT2D eigenvalue weighted by atomic mass is 19.1.